The lowest BCUT2D eigenvalue weighted by molar-refractivity contribution is -0.128. The number of anilines is 1. The van der Waals surface area contributed by atoms with Crippen LogP contribution in [0.15, 0.2) is 0 Å². The van der Waals surface area contributed by atoms with Gasteiger partial charge in [0.1, 0.15) is 5.01 Å². The maximum atomic E-state index is 12.3. The van der Waals surface area contributed by atoms with Crippen molar-refractivity contribution in [1.29, 1.82) is 0 Å². The van der Waals surface area contributed by atoms with Crippen molar-refractivity contribution in [1.82, 2.24) is 20.0 Å². The van der Waals surface area contributed by atoms with Gasteiger partial charge in [-0.1, -0.05) is 25.2 Å². The maximum Gasteiger partial charge on any atom is 0.231 e. The van der Waals surface area contributed by atoms with Crippen molar-refractivity contribution >= 4 is 28.3 Å². The molecule has 0 bridgehead atoms. The predicted octanol–water partition coefficient (Wildman–Crippen LogP) is 1.40. The van der Waals surface area contributed by atoms with E-state index < -0.39 is 0 Å². The Labute approximate surface area is 141 Å². The highest BCUT2D eigenvalue weighted by Gasteiger charge is 2.34. The zero-order valence-corrected chi connectivity index (χ0v) is 15.0. The molecule has 23 heavy (non-hydrogen) atoms. The van der Waals surface area contributed by atoms with E-state index in [0.717, 1.165) is 18.0 Å². The molecule has 128 valence electrons. The number of amides is 2. The summed E-state index contributed by atoms with van der Waals surface area (Å²) in [6, 6.07) is 0. The van der Waals surface area contributed by atoms with Crippen molar-refractivity contribution in [2.45, 2.75) is 32.6 Å². The molecule has 0 spiro atoms. The number of nitrogens with one attached hydrogen (secondary N) is 1. The second-order valence-electron chi connectivity index (χ2n) is 6.49. The summed E-state index contributed by atoms with van der Waals surface area (Å²) >= 11 is 1.39. The molecule has 0 aliphatic carbocycles. The van der Waals surface area contributed by atoms with Crippen LogP contribution in [-0.2, 0) is 9.59 Å². The molecule has 1 unspecified atom stereocenters. The normalized spacial score (nSPS) is 18.3. The average Bonchev–Trinajstić information content (AvgIpc) is 3.06. The van der Waals surface area contributed by atoms with Crippen molar-refractivity contribution in [2.75, 3.05) is 39.0 Å². The predicted molar refractivity (Wildman–Crippen MR) is 90.5 cm³/mol. The van der Waals surface area contributed by atoms with Crippen LogP contribution in [0.4, 0.5) is 5.13 Å². The van der Waals surface area contributed by atoms with Crippen LogP contribution < -0.4 is 5.32 Å². The fourth-order valence-corrected chi connectivity index (χ4v) is 3.22. The lowest BCUT2D eigenvalue weighted by Gasteiger charge is -2.17. The molecule has 1 aromatic rings. The third-order valence-corrected chi connectivity index (χ3v) is 4.92. The van der Waals surface area contributed by atoms with Gasteiger partial charge >= 0.3 is 0 Å². The van der Waals surface area contributed by atoms with Gasteiger partial charge in [-0.2, -0.15) is 0 Å². The molecule has 1 atom stereocenters. The molecule has 1 fully saturated rings. The van der Waals surface area contributed by atoms with E-state index in [1.165, 1.54) is 11.3 Å². The number of carbonyl (C=O) groups excluding carboxylic acids is 2. The molecule has 0 aromatic carbocycles. The Hall–Kier alpha value is -1.54. The fourth-order valence-electron chi connectivity index (χ4n) is 2.47. The van der Waals surface area contributed by atoms with Gasteiger partial charge < -0.3 is 15.1 Å². The smallest absolute Gasteiger partial charge is 0.231 e. The Balaban J connectivity index is 1.84. The van der Waals surface area contributed by atoms with Crippen LogP contribution in [-0.4, -0.2) is 65.5 Å². The maximum absolute atomic E-state index is 12.3. The SMILES string of the molecule is CC(C)c1nnc(NC(=O)C2CC(=O)N(CCCN(C)C)C2)s1. The second kappa shape index (κ2) is 7.83. The summed E-state index contributed by atoms with van der Waals surface area (Å²) in [5.41, 5.74) is 0. The topological polar surface area (TPSA) is 78.4 Å². The van der Waals surface area contributed by atoms with Gasteiger partial charge in [0.2, 0.25) is 16.9 Å². The lowest BCUT2D eigenvalue weighted by atomic mass is 10.1. The molecule has 2 amide bonds. The molecule has 0 radical (unpaired) electrons. The van der Waals surface area contributed by atoms with Gasteiger partial charge in [0.15, 0.2) is 0 Å². The number of likely N-dealkylation sites (tertiary alicyclic amines) is 1. The van der Waals surface area contributed by atoms with Crippen molar-refractivity contribution in [3.05, 3.63) is 5.01 Å². The second-order valence-corrected chi connectivity index (χ2v) is 7.50. The molecule has 2 rings (SSSR count). The molecular weight excluding hydrogens is 314 g/mol. The van der Waals surface area contributed by atoms with Crippen LogP contribution in [0, 0.1) is 5.92 Å². The van der Waals surface area contributed by atoms with E-state index in [0.29, 0.717) is 24.1 Å². The first-order valence-electron chi connectivity index (χ1n) is 7.93. The minimum Gasteiger partial charge on any atom is -0.342 e. The Bertz CT molecular complexity index is 558. The van der Waals surface area contributed by atoms with Crippen LogP contribution in [0.3, 0.4) is 0 Å². The van der Waals surface area contributed by atoms with Gasteiger partial charge in [-0.15, -0.1) is 10.2 Å². The number of hydrogen-bond acceptors (Lipinski definition) is 6. The van der Waals surface area contributed by atoms with Crippen LogP contribution >= 0.6 is 11.3 Å². The molecule has 1 aromatic heterocycles. The van der Waals surface area contributed by atoms with Crippen molar-refractivity contribution < 1.29 is 9.59 Å². The summed E-state index contributed by atoms with van der Waals surface area (Å²) in [4.78, 5) is 28.2. The molecule has 1 aliphatic rings. The highest BCUT2D eigenvalue weighted by molar-refractivity contribution is 7.15. The first-order valence-corrected chi connectivity index (χ1v) is 8.75. The molecule has 7 nitrogen and oxygen atoms in total. The number of hydrogen-bond donors (Lipinski definition) is 1. The number of aromatic nitrogens is 2. The summed E-state index contributed by atoms with van der Waals surface area (Å²) in [6.07, 6.45) is 1.20. The molecule has 8 heteroatoms. The summed E-state index contributed by atoms with van der Waals surface area (Å²) in [6.45, 7) is 6.20. The number of rotatable bonds is 7. The van der Waals surface area contributed by atoms with Crippen molar-refractivity contribution in [2.24, 2.45) is 5.92 Å². The van der Waals surface area contributed by atoms with Gasteiger partial charge in [-0.3, -0.25) is 9.59 Å². The van der Waals surface area contributed by atoms with Crippen molar-refractivity contribution in [3.8, 4) is 0 Å². The summed E-state index contributed by atoms with van der Waals surface area (Å²) in [5.74, 6) is -0.0874. The number of carbonyl (C=O) groups is 2. The molecule has 0 saturated carbocycles. The molecule has 1 aliphatic heterocycles. The molecular formula is C15H25N5O2S. The van der Waals surface area contributed by atoms with E-state index in [1.54, 1.807) is 4.90 Å². The monoisotopic (exact) mass is 339 g/mol. The van der Waals surface area contributed by atoms with Gasteiger partial charge in [0.05, 0.1) is 5.92 Å². The van der Waals surface area contributed by atoms with Gasteiger partial charge in [-0.05, 0) is 27.1 Å². The molecule has 1 saturated heterocycles. The van der Waals surface area contributed by atoms with Crippen LogP contribution in [0.1, 0.15) is 37.6 Å². The minimum absolute atomic E-state index is 0.0593. The highest BCUT2D eigenvalue weighted by atomic mass is 32.1. The zero-order valence-electron chi connectivity index (χ0n) is 14.2. The molecule has 1 N–H and O–H groups in total. The Morgan fingerprint density at radius 1 is 1.43 bits per heavy atom. The summed E-state index contributed by atoms with van der Waals surface area (Å²) in [7, 11) is 4.02. The first kappa shape index (κ1) is 17.8. The van der Waals surface area contributed by atoms with Crippen LogP contribution in [0.5, 0.6) is 0 Å². The van der Waals surface area contributed by atoms with Crippen molar-refractivity contribution in [3.63, 3.8) is 0 Å². The van der Waals surface area contributed by atoms with E-state index >= 15 is 0 Å². The Kier molecular flexibility index (Phi) is 6.06. The average molecular weight is 339 g/mol. The molecule has 2 heterocycles. The van der Waals surface area contributed by atoms with E-state index in [-0.39, 0.29) is 24.2 Å². The Morgan fingerprint density at radius 2 is 2.17 bits per heavy atom. The zero-order chi connectivity index (χ0) is 17.0. The third kappa shape index (κ3) is 4.97. The van der Waals surface area contributed by atoms with Crippen LogP contribution in [0.25, 0.3) is 0 Å². The van der Waals surface area contributed by atoms with Gasteiger partial charge in [-0.25, -0.2) is 0 Å². The third-order valence-electron chi connectivity index (χ3n) is 3.78. The number of nitrogens with zero attached hydrogens (tertiary/aromatic N) is 4. The van der Waals surface area contributed by atoms with E-state index in [4.69, 9.17) is 0 Å². The first-order chi connectivity index (χ1) is 10.9. The highest BCUT2D eigenvalue weighted by Crippen LogP contribution is 2.24. The minimum atomic E-state index is -0.298. The quantitative estimate of drug-likeness (QED) is 0.812. The van der Waals surface area contributed by atoms with E-state index in [1.807, 2.05) is 27.9 Å². The largest absolute Gasteiger partial charge is 0.342 e. The summed E-state index contributed by atoms with van der Waals surface area (Å²) < 4.78 is 0. The summed E-state index contributed by atoms with van der Waals surface area (Å²) in [5, 5.41) is 12.2. The van der Waals surface area contributed by atoms with Gasteiger partial charge in [0.25, 0.3) is 0 Å². The Morgan fingerprint density at radius 3 is 2.78 bits per heavy atom. The van der Waals surface area contributed by atoms with E-state index in [9.17, 15) is 9.59 Å². The standard InChI is InChI=1S/C15H25N5O2S/c1-10(2)14-17-18-15(23-14)16-13(22)11-8-12(21)20(9-11)7-5-6-19(3)4/h10-11H,5-9H2,1-4H3,(H,16,18,22). The van der Waals surface area contributed by atoms with Gasteiger partial charge in [0, 0.05) is 25.4 Å². The lowest BCUT2D eigenvalue weighted by Crippen LogP contribution is -2.30. The van der Waals surface area contributed by atoms with Crippen LogP contribution in [0.2, 0.25) is 0 Å². The fraction of sp³-hybridized carbons (Fsp3) is 0.733. The van der Waals surface area contributed by atoms with E-state index in [2.05, 4.69) is 20.4 Å².